The van der Waals surface area contributed by atoms with E-state index < -0.39 is 5.79 Å². The van der Waals surface area contributed by atoms with Crippen LogP contribution in [0.5, 0.6) is 11.5 Å². The highest BCUT2D eigenvalue weighted by molar-refractivity contribution is 9.10. The Morgan fingerprint density at radius 2 is 1.67 bits per heavy atom. The zero-order chi connectivity index (χ0) is 13.0. The van der Waals surface area contributed by atoms with Crippen molar-refractivity contribution < 1.29 is 9.47 Å². The molecule has 0 aromatic heterocycles. The molecule has 1 aliphatic heterocycles. The molecule has 1 fully saturated rings. The summed E-state index contributed by atoms with van der Waals surface area (Å²) in [6.07, 6.45) is 4.47. The lowest BCUT2D eigenvalue weighted by atomic mass is 9.89. The summed E-state index contributed by atoms with van der Waals surface area (Å²) in [5, 5.41) is 0. The van der Waals surface area contributed by atoms with Gasteiger partial charge in [0.1, 0.15) is 0 Å². The van der Waals surface area contributed by atoms with E-state index in [0.717, 1.165) is 34.4 Å². The van der Waals surface area contributed by atoms with Crippen LogP contribution in [0.2, 0.25) is 0 Å². The van der Waals surface area contributed by atoms with Gasteiger partial charge in [-0.25, -0.2) is 0 Å². The molecule has 1 aromatic rings. The van der Waals surface area contributed by atoms with E-state index in [2.05, 4.69) is 15.9 Å². The van der Waals surface area contributed by atoms with Crippen molar-refractivity contribution in [3.05, 3.63) is 22.2 Å². The Kier molecular flexibility index (Phi) is 2.65. The van der Waals surface area contributed by atoms with Gasteiger partial charge >= 0.3 is 0 Å². The van der Waals surface area contributed by atoms with E-state index in [-0.39, 0.29) is 5.54 Å². The van der Waals surface area contributed by atoms with Crippen molar-refractivity contribution in [3.63, 3.8) is 0 Å². The van der Waals surface area contributed by atoms with E-state index in [9.17, 15) is 0 Å². The second-order valence-electron chi connectivity index (χ2n) is 5.75. The SMILES string of the molecule is CC1(C)Oc2cc(Br)c(C3(N)CCCC3)cc2O1. The van der Waals surface area contributed by atoms with E-state index >= 15 is 0 Å². The quantitative estimate of drug-likeness (QED) is 0.860. The summed E-state index contributed by atoms with van der Waals surface area (Å²) in [5.41, 5.74) is 7.44. The summed E-state index contributed by atoms with van der Waals surface area (Å²) >= 11 is 3.62. The van der Waals surface area contributed by atoms with Crippen LogP contribution in [0, 0.1) is 0 Å². The summed E-state index contributed by atoms with van der Waals surface area (Å²) in [4.78, 5) is 0. The molecule has 1 saturated carbocycles. The predicted molar refractivity (Wildman–Crippen MR) is 73.8 cm³/mol. The predicted octanol–water partition coefficient (Wildman–Crippen LogP) is 3.68. The summed E-state index contributed by atoms with van der Waals surface area (Å²) in [6, 6.07) is 4.02. The third-order valence-electron chi connectivity index (χ3n) is 3.78. The number of nitrogens with two attached hydrogens (primary N) is 1. The number of halogens is 1. The molecule has 4 heteroatoms. The Labute approximate surface area is 116 Å². The largest absolute Gasteiger partial charge is 0.449 e. The summed E-state index contributed by atoms with van der Waals surface area (Å²) in [5.74, 6) is 1.00. The van der Waals surface area contributed by atoms with Gasteiger partial charge in [0.15, 0.2) is 11.5 Å². The molecule has 1 aliphatic carbocycles. The molecule has 1 aromatic carbocycles. The van der Waals surface area contributed by atoms with Crippen LogP contribution >= 0.6 is 15.9 Å². The smallest absolute Gasteiger partial charge is 0.246 e. The van der Waals surface area contributed by atoms with Gasteiger partial charge in [0, 0.05) is 23.9 Å². The Hall–Kier alpha value is -0.740. The second-order valence-corrected chi connectivity index (χ2v) is 6.60. The van der Waals surface area contributed by atoms with Crippen molar-refractivity contribution in [2.45, 2.75) is 50.9 Å². The Morgan fingerprint density at radius 3 is 2.28 bits per heavy atom. The average Bonchev–Trinajstić information content (AvgIpc) is 2.80. The molecule has 0 amide bonds. The summed E-state index contributed by atoms with van der Waals surface area (Å²) < 4.78 is 12.5. The minimum absolute atomic E-state index is 0.218. The molecular formula is C14H18BrNO2. The molecule has 0 atom stereocenters. The fourth-order valence-electron chi connectivity index (χ4n) is 2.90. The summed E-state index contributed by atoms with van der Waals surface area (Å²) in [6.45, 7) is 3.82. The first-order valence-corrected chi connectivity index (χ1v) is 7.20. The lowest BCUT2D eigenvalue weighted by Gasteiger charge is -2.25. The van der Waals surface area contributed by atoms with E-state index in [4.69, 9.17) is 15.2 Å². The fourth-order valence-corrected chi connectivity index (χ4v) is 3.62. The van der Waals surface area contributed by atoms with Gasteiger partial charge in [0.25, 0.3) is 0 Å². The lowest BCUT2D eigenvalue weighted by molar-refractivity contribution is -0.0431. The van der Waals surface area contributed by atoms with Crippen molar-refractivity contribution >= 4 is 15.9 Å². The molecule has 2 aliphatic rings. The minimum Gasteiger partial charge on any atom is -0.449 e. The van der Waals surface area contributed by atoms with E-state index in [1.54, 1.807) is 0 Å². The number of ether oxygens (including phenoxy) is 2. The summed E-state index contributed by atoms with van der Waals surface area (Å²) in [7, 11) is 0. The van der Waals surface area contributed by atoms with Crippen molar-refractivity contribution in [2.75, 3.05) is 0 Å². The first kappa shape index (κ1) is 12.3. The molecule has 3 rings (SSSR count). The van der Waals surface area contributed by atoms with Crippen LogP contribution in [-0.4, -0.2) is 5.79 Å². The van der Waals surface area contributed by atoms with Crippen LogP contribution < -0.4 is 15.2 Å². The monoisotopic (exact) mass is 311 g/mol. The van der Waals surface area contributed by atoms with Crippen LogP contribution in [0.25, 0.3) is 0 Å². The van der Waals surface area contributed by atoms with E-state index in [1.165, 1.54) is 12.8 Å². The fraction of sp³-hybridized carbons (Fsp3) is 0.571. The Bertz CT molecular complexity index is 493. The molecule has 98 valence electrons. The zero-order valence-corrected chi connectivity index (χ0v) is 12.3. The zero-order valence-electron chi connectivity index (χ0n) is 10.8. The first-order chi connectivity index (χ1) is 8.40. The lowest BCUT2D eigenvalue weighted by Crippen LogP contribution is -2.33. The van der Waals surface area contributed by atoms with Crippen LogP contribution in [0.1, 0.15) is 45.1 Å². The Balaban J connectivity index is 2.04. The van der Waals surface area contributed by atoms with Gasteiger partial charge in [-0.3, -0.25) is 0 Å². The molecule has 1 heterocycles. The van der Waals surface area contributed by atoms with Crippen LogP contribution in [0.3, 0.4) is 0 Å². The van der Waals surface area contributed by atoms with Crippen LogP contribution in [-0.2, 0) is 5.54 Å². The molecule has 3 nitrogen and oxygen atoms in total. The second kappa shape index (κ2) is 3.87. The van der Waals surface area contributed by atoms with Gasteiger partial charge in [-0.1, -0.05) is 28.8 Å². The maximum atomic E-state index is 6.52. The molecule has 0 saturated heterocycles. The third-order valence-corrected chi connectivity index (χ3v) is 4.43. The van der Waals surface area contributed by atoms with Gasteiger partial charge in [0.05, 0.1) is 0 Å². The number of rotatable bonds is 1. The molecule has 18 heavy (non-hydrogen) atoms. The van der Waals surface area contributed by atoms with Crippen LogP contribution in [0.15, 0.2) is 16.6 Å². The molecular weight excluding hydrogens is 294 g/mol. The molecule has 0 radical (unpaired) electrons. The number of benzene rings is 1. The number of hydrogen-bond donors (Lipinski definition) is 1. The van der Waals surface area contributed by atoms with E-state index in [0.29, 0.717) is 0 Å². The highest BCUT2D eigenvalue weighted by Gasteiger charge is 2.37. The standard InChI is InChI=1S/C14H18BrNO2/c1-13(2)17-11-7-9(10(15)8-12(11)18-13)14(16)5-3-4-6-14/h7-8H,3-6,16H2,1-2H3. The average molecular weight is 312 g/mol. The minimum atomic E-state index is -0.585. The van der Waals surface area contributed by atoms with Gasteiger partial charge in [-0.2, -0.15) is 0 Å². The normalized spacial score (nSPS) is 23.3. The van der Waals surface area contributed by atoms with Gasteiger partial charge < -0.3 is 15.2 Å². The van der Waals surface area contributed by atoms with Crippen LogP contribution in [0.4, 0.5) is 0 Å². The van der Waals surface area contributed by atoms with Gasteiger partial charge in [-0.05, 0) is 30.5 Å². The number of fused-ring (bicyclic) bond motifs is 1. The highest BCUT2D eigenvalue weighted by atomic mass is 79.9. The van der Waals surface area contributed by atoms with E-state index in [1.807, 2.05) is 26.0 Å². The highest BCUT2D eigenvalue weighted by Crippen LogP contribution is 2.47. The molecule has 0 spiro atoms. The van der Waals surface area contributed by atoms with Gasteiger partial charge in [0.2, 0.25) is 5.79 Å². The first-order valence-electron chi connectivity index (χ1n) is 6.41. The van der Waals surface area contributed by atoms with Gasteiger partial charge in [-0.15, -0.1) is 0 Å². The maximum absolute atomic E-state index is 6.52. The van der Waals surface area contributed by atoms with Crippen molar-refractivity contribution in [3.8, 4) is 11.5 Å². The topological polar surface area (TPSA) is 44.5 Å². The van der Waals surface area contributed by atoms with Crippen molar-refractivity contribution in [1.29, 1.82) is 0 Å². The van der Waals surface area contributed by atoms with Crippen molar-refractivity contribution in [1.82, 2.24) is 0 Å². The number of hydrogen-bond acceptors (Lipinski definition) is 3. The Morgan fingerprint density at radius 1 is 1.11 bits per heavy atom. The maximum Gasteiger partial charge on any atom is 0.246 e. The molecule has 0 unspecified atom stereocenters. The molecule has 2 N–H and O–H groups in total. The van der Waals surface area contributed by atoms with Crippen molar-refractivity contribution in [2.24, 2.45) is 5.73 Å². The third kappa shape index (κ3) is 1.91. The molecule has 0 bridgehead atoms.